The van der Waals surface area contributed by atoms with E-state index < -0.39 is 0 Å². The molecule has 0 aliphatic carbocycles. The molecule has 1 atom stereocenters. The largest absolute Gasteiger partial charge is 0.287 e. The van der Waals surface area contributed by atoms with Gasteiger partial charge in [-0.15, -0.1) is 0 Å². The van der Waals surface area contributed by atoms with E-state index in [9.17, 15) is 4.79 Å². The minimum atomic E-state index is 0.114. The third kappa shape index (κ3) is 3.14. The van der Waals surface area contributed by atoms with Crippen LogP contribution in [0.15, 0.2) is 52.3 Å². The number of rotatable bonds is 4. The van der Waals surface area contributed by atoms with Gasteiger partial charge in [0, 0.05) is 12.5 Å². The van der Waals surface area contributed by atoms with Crippen LogP contribution in [0.3, 0.4) is 0 Å². The molecule has 2 aliphatic rings. The Morgan fingerprint density at radius 2 is 2.08 bits per heavy atom. The van der Waals surface area contributed by atoms with Crippen molar-refractivity contribution in [1.29, 1.82) is 0 Å². The van der Waals surface area contributed by atoms with E-state index in [0.29, 0.717) is 19.1 Å². The zero-order valence-corrected chi connectivity index (χ0v) is 14.4. The fourth-order valence-electron chi connectivity index (χ4n) is 3.58. The van der Waals surface area contributed by atoms with Gasteiger partial charge >= 0.3 is 0 Å². The molecule has 0 bridgehead atoms. The molecule has 2 aromatic rings. The van der Waals surface area contributed by atoms with Crippen LogP contribution < -0.4 is 0 Å². The lowest BCUT2D eigenvalue weighted by Crippen LogP contribution is -2.36. The van der Waals surface area contributed by atoms with Crippen LogP contribution in [0.4, 0.5) is 0 Å². The number of hydrogen-bond acceptors (Lipinski definition) is 4. The molecule has 3 heterocycles. The SMILES string of the molecule is O=C(CN1CCC[C@H]1c1ccsc1)N1CCC(c2ccccc2)=N1. The molecule has 4 nitrogen and oxygen atoms in total. The third-order valence-electron chi connectivity index (χ3n) is 4.83. The molecule has 0 N–H and O–H groups in total. The molecule has 0 saturated carbocycles. The average molecular weight is 339 g/mol. The molecule has 0 radical (unpaired) electrons. The summed E-state index contributed by atoms with van der Waals surface area (Å²) in [4.78, 5) is 15.0. The van der Waals surface area contributed by atoms with Crippen molar-refractivity contribution in [3.8, 4) is 0 Å². The number of thiophene rings is 1. The maximum Gasteiger partial charge on any atom is 0.256 e. The van der Waals surface area contributed by atoms with Gasteiger partial charge in [0.05, 0.1) is 18.8 Å². The van der Waals surface area contributed by atoms with Gasteiger partial charge in [0.15, 0.2) is 0 Å². The Morgan fingerprint density at radius 1 is 1.21 bits per heavy atom. The Kier molecular flexibility index (Phi) is 4.45. The first-order valence-electron chi connectivity index (χ1n) is 8.51. The number of hydrazone groups is 1. The van der Waals surface area contributed by atoms with Gasteiger partial charge in [0.2, 0.25) is 0 Å². The summed E-state index contributed by atoms with van der Waals surface area (Å²) >= 11 is 1.73. The molecule has 1 aromatic heterocycles. The van der Waals surface area contributed by atoms with Crippen LogP contribution in [0.1, 0.15) is 36.4 Å². The van der Waals surface area contributed by atoms with Crippen LogP contribution in [0.25, 0.3) is 0 Å². The molecule has 1 saturated heterocycles. The highest BCUT2D eigenvalue weighted by atomic mass is 32.1. The van der Waals surface area contributed by atoms with Crippen LogP contribution in [0.5, 0.6) is 0 Å². The Bertz CT molecular complexity index is 726. The number of amides is 1. The number of carbonyl (C=O) groups is 1. The van der Waals surface area contributed by atoms with Gasteiger partial charge < -0.3 is 0 Å². The van der Waals surface area contributed by atoms with Crippen LogP contribution in [0.2, 0.25) is 0 Å². The lowest BCUT2D eigenvalue weighted by atomic mass is 10.1. The Morgan fingerprint density at radius 3 is 2.88 bits per heavy atom. The van der Waals surface area contributed by atoms with Crippen molar-refractivity contribution in [3.63, 3.8) is 0 Å². The van der Waals surface area contributed by atoms with Gasteiger partial charge in [0.25, 0.3) is 5.91 Å². The number of carbonyl (C=O) groups excluding carboxylic acids is 1. The number of nitrogens with zero attached hydrogens (tertiary/aromatic N) is 3. The molecule has 5 heteroatoms. The third-order valence-corrected chi connectivity index (χ3v) is 5.53. The second-order valence-electron chi connectivity index (χ2n) is 6.36. The second kappa shape index (κ2) is 6.87. The van der Waals surface area contributed by atoms with Crippen LogP contribution in [-0.2, 0) is 4.79 Å². The zero-order chi connectivity index (χ0) is 16.4. The minimum absolute atomic E-state index is 0.114. The molecule has 2 aliphatic heterocycles. The average Bonchev–Trinajstić information content (AvgIpc) is 3.36. The Hall–Kier alpha value is -1.98. The predicted molar refractivity (Wildman–Crippen MR) is 97.2 cm³/mol. The highest BCUT2D eigenvalue weighted by molar-refractivity contribution is 7.07. The number of benzene rings is 1. The summed E-state index contributed by atoms with van der Waals surface area (Å²) in [6, 6.07) is 12.7. The van der Waals surface area contributed by atoms with Gasteiger partial charge in [-0.25, -0.2) is 5.01 Å². The minimum Gasteiger partial charge on any atom is -0.287 e. The van der Waals surface area contributed by atoms with Crippen LogP contribution in [0, 0.1) is 0 Å². The van der Waals surface area contributed by atoms with Crippen molar-refractivity contribution >= 4 is 23.0 Å². The van der Waals surface area contributed by atoms with E-state index in [1.54, 1.807) is 16.3 Å². The van der Waals surface area contributed by atoms with E-state index >= 15 is 0 Å². The predicted octanol–water partition coefficient (Wildman–Crippen LogP) is 3.52. The fraction of sp³-hybridized carbons (Fsp3) is 0.368. The lowest BCUT2D eigenvalue weighted by molar-refractivity contribution is -0.132. The second-order valence-corrected chi connectivity index (χ2v) is 7.14. The molecule has 0 spiro atoms. The van der Waals surface area contributed by atoms with Crippen molar-refractivity contribution < 1.29 is 4.79 Å². The first-order chi connectivity index (χ1) is 11.8. The molecule has 1 amide bonds. The summed E-state index contributed by atoms with van der Waals surface area (Å²) in [6.07, 6.45) is 3.14. The van der Waals surface area contributed by atoms with Crippen LogP contribution in [-0.4, -0.2) is 41.2 Å². The molecule has 0 unspecified atom stereocenters. The summed E-state index contributed by atoms with van der Waals surface area (Å²) in [5.74, 6) is 0.114. The summed E-state index contributed by atoms with van der Waals surface area (Å²) < 4.78 is 0. The monoisotopic (exact) mass is 339 g/mol. The maximum atomic E-state index is 12.7. The molecule has 4 rings (SSSR count). The normalized spacial score (nSPS) is 21.2. The van der Waals surface area contributed by atoms with E-state index in [4.69, 9.17) is 0 Å². The maximum absolute atomic E-state index is 12.7. The van der Waals surface area contributed by atoms with Gasteiger partial charge in [-0.1, -0.05) is 30.3 Å². The summed E-state index contributed by atoms with van der Waals surface area (Å²) in [7, 11) is 0. The lowest BCUT2D eigenvalue weighted by Gasteiger charge is -2.24. The number of likely N-dealkylation sites (tertiary alicyclic amines) is 1. The Balaban J connectivity index is 1.42. The topological polar surface area (TPSA) is 35.9 Å². The smallest absolute Gasteiger partial charge is 0.256 e. The van der Waals surface area contributed by atoms with E-state index in [0.717, 1.165) is 37.1 Å². The molecule has 24 heavy (non-hydrogen) atoms. The zero-order valence-electron chi connectivity index (χ0n) is 13.6. The van der Waals surface area contributed by atoms with Crippen molar-refractivity contribution in [1.82, 2.24) is 9.91 Å². The first-order valence-corrected chi connectivity index (χ1v) is 9.45. The molecular formula is C19H21N3OS. The highest BCUT2D eigenvalue weighted by Crippen LogP contribution is 2.32. The van der Waals surface area contributed by atoms with Crippen molar-refractivity contribution in [2.24, 2.45) is 5.10 Å². The van der Waals surface area contributed by atoms with E-state index in [-0.39, 0.29) is 5.91 Å². The van der Waals surface area contributed by atoms with Crippen molar-refractivity contribution in [3.05, 3.63) is 58.3 Å². The molecule has 124 valence electrons. The molecule has 1 fully saturated rings. The Labute approximate surface area is 146 Å². The molecular weight excluding hydrogens is 318 g/mol. The van der Waals surface area contributed by atoms with Gasteiger partial charge in [0.1, 0.15) is 0 Å². The van der Waals surface area contributed by atoms with Crippen molar-refractivity contribution in [2.45, 2.75) is 25.3 Å². The van der Waals surface area contributed by atoms with Crippen LogP contribution >= 0.6 is 11.3 Å². The van der Waals surface area contributed by atoms with Gasteiger partial charge in [-0.05, 0) is 47.3 Å². The summed E-state index contributed by atoms with van der Waals surface area (Å²) in [5, 5.41) is 10.5. The van der Waals surface area contributed by atoms with Crippen molar-refractivity contribution in [2.75, 3.05) is 19.6 Å². The van der Waals surface area contributed by atoms with E-state index in [1.807, 2.05) is 18.2 Å². The summed E-state index contributed by atoms with van der Waals surface area (Å²) in [6.45, 7) is 2.15. The van der Waals surface area contributed by atoms with E-state index in [1.165, 1.54) is 5.56 Å². The summed E-state index contributed by atoms with van der Waals surface area (Å²) in [5.41, 5.74) is 3.48. The standard InChI is InChI=1S/C19H21N3OS/c23-19(13-21-10-4-7-18(21)16-9-12-24-14-16)22-11-8-17(20-22)15-5-2-1-3-6-15/h1-3,5-6,9,12,14,18H,4,7-8,10-11,13H2/t18-/m0/s1. The van der Waals surface area contributed by atoms with E-state index in [2.05, 4.69) is 39.0 Å². The van der Waals surface area contributed by atoms with Gasteiger partial charge in [-0.3, -0.25) is 9.69 Å². The molecule has 1 aromatic carbocycles. The first kappa shape index (κ1) is 15.5. The number of hydrogen-bond donors (Lipinski definition) is 0. The highest BCUT2D eigenvalue weighted by Gasteiger charge is 2.30. The fourth-order valence-corrected chi connectivity index (χ4v) is 4.29. The van der Waals surface area contributed by atoms with Gasteiger partial charge in [-0.2, -0.15) is 16.4 Å². The quantitative estimate of drug-likeness (QED) is 0.854.